The molecule has 250 valence electrons. The van der Waals surface area contributed by atoms with E-state index in [1.807, 2.05) is 41.6 Å². The van der Waals surface area contributed by atoms with E-state index in [0.717, 1.165) is 84.1 Å². The maximum Gasteiger partial charge on any atom is 0.163 e. The number of phenolic OH excluding ortho intramolecular Hbond substituents is 1. The number of rotatable bonds is 20. The quantitative estimate of drug-likeness (QED) is 0.0940. The number of aryl methyl sites for hydroxylation is 1. The van der Waals surface area contributed by atoms with Crippen LogP contribution in [0, 0.1) is 5.92 Å². The highest BCUT2D eigenvalue weighted by atomic mass is 16.5. The summed E-state index contributed by atoms with van der Waals surface area (Å²) in [4.78, 5) is 19.9. The Morgan fingerprint density at radius 1 is 1.02 bits per heavy atom. The first-order valence-corrected chi connectivity index (χ1v) is 16.9. The first kappa shape index (κ1) is 35.4. The number of hydrogen-bond acceptors (Lipinski definition) is 9. The number of aliphatic hydroxyl groups excluding tert-OH is 2. The van der Waals surface area contributed by atoms with Gasteiger partial charge in [0.2, 0.25) is 0 Å². The van der Waals surface area contributed by atoms with Crippen molar-refractivity contribution in [3.05, 3.63) is 82.2 Å². The highest BCUT2D eigenvalue weighted by molar-refractivity contribution is 6.09. The number of unbranched alkanes of at least 4 members (excludes halogenated alkanes) is 4. The first-order valence-electron chi connectivity index (χ1n) is 16.9. The maximum atomic E-state index is 13.3. The number of fused-ring (bicyclic) bond motifs is 1. The van der Waals surface area contributed by atoms with Crippen molar-refractivity contribution >= 4 is 11.5 Å². The molecule has 0 saturated heterocycles. The summed E-state index contributed by atoms with van der Waals surface area (Å²) in [6, 6.07) is 10.9. The summed E-state index contributed by atoms with van der Waals surface area (Å²) in [5.74, 6) is 0.190. The molecular weight excluding hydrogens is 580 g/mol. The molecule has 2 heterocycles. The smallest absolute Gasteiger partial charge is 0.163 e. The van der Waals surface area contributed by atoms with Crippen LogP contribution in [0.1, 0.15) is 100 Å². The molecule has 2 aromatic carbocycles. The number of carbonyl (C=O) groups excluding carboxylic acids is 1. The van der Waals surface area contributed by atoms with E-state index in [-0.39, 0.29) is 30.8 Å². The molecule has 2 aliphatic heterocycles. The molecular formula is C37H52N4O5. The van der Waals surface area contributed by atoms with Gasteiger partial charge >= 0.3 is 0 Å². The van der Waals surface area contributed by atoms with E-state index in [2.05, 4.69) is 18.8 Å². The number of nitrogens with zero attached hydrogens (tertiary/aromatic N) is 2. The summed E-state index contributed by atoms with van der Waals surface area (Å²) in [6.45, 7) is 4.99. The van der Waals surface area contributed by atoms with Gasteiger partial charge in [-0.25, -0.2) is 0 Å². The number of ketones is 1. The van der Waals surface area contributed by atoms with Gasteiger partial charge in [0.15, 0.2) is 18.2 Å². The largest absolute Gasteiger partial charge is 0.504 e. The molecule has 9 nitrogen and oxygen atoms in total. The molecule has 0 fully saturated rings. The Balaban J connectivity index is 1.34. The van der Waals surface area contributed by atoms with Crippen LogP contribution < -0.4 is 16.2 Å². The minimum atomic E-state index is -0.592. The third-order valence-corrected chi connectivity index (χ3v) is 9.03. The molecule has 0 amide bonds. The van der Waals surface area contributed by atoms with Crippen molar-refractivity contribution in [2.45, 2.75) is 103 Å². The van der Waals surface area contributed by atoms with Crippen molar-refractivity contribution in [3.63, 3.8) is 0 Å². The summed E-state index contributed by atoms with van der Waals surface area (Å²) in [5.41, 5.74) is 18.3. The molecule has 0 saturated carbocycles. The summed E-state index contributed by atoms with van der Waals surface area (Å²) in [6.07, 6.45) is 11.7. The van der Waals surface area contributed by atoms with Gasteiger partial charge < -0.3 is 36.4 Å². The fraction of sp³-hybridized carbons (Fsp3) is 0.514. The van der Waals surface area contributed by atoms with Gasteiger partial charge in [-0.15, -0.1) is 0 Å². The van der Waals surface area contributed by atoms with Crippen molar-refractivity contribution in [2.75, 3.05) is 13.3 Å². The Hall–Kier alpha value is -3.50. The second-order valence-corrected chi connectivity index (χ2v) is 12.6. The van der Waals surface area contributed by atoms with Crippen LogP contribution in [0.5, 0.6) is 11.5 Å². The van der Waals surface area contributed by atoms with Crippen LogP contribution in [0.15, 0.2) is 64.9 Å². The van der Waals surface area contributed by atoms with Crippen LogP contribution in [0.2, 0.25) is 0 Å². The first-order chi connectivity index (χ1) is 22.2. The highest BCUT2D eigenvalue weighted by Gasteiger charge is 2.28. The second-order valence-electron chi connectivity index (χ2n) is 12.6. The van der Waals surface area contributed by atoms with Gasteiger partial charge in [-0.3, -0.25) is 9.79 Å². The zero-order chi connectivity index (χ0) is 33.1. The molecule has 7 N–H and O–H groups in total. The van der Waals surface area contributed by atoms with E-state index >= 15 is 0 Å². The van der Waals surface area contributed by atoms with Crippen molar-refractivity contribution in [1.82, 2.24) is 4.90 Å². The van der Waals surface area contributed by atoms with Gasteiger partial charge in [-0.2, -0.15) is 0 Å². The lowest BCUT2D eigenvalue weighted by Crippen LogP contribution is -2.28. The molecule has 0 radical (unpaired) electrons. The lowest BCUT2D eigenvalue weighted by Gasteiger charge is -2.22. The zero-order valence-corrected chi connectivity index (χ0v) is 27.5. The van der Waals surface area contributed by atoms with Crippen molar-refractivity contribution in [2.24, 2.45) is 22.4 Å². The summed E-state index contributed by atoms with van der Waals surface area (Å²) >= 11 is 0. The van der Waals surface area contributed by atoms with Gasteiger partial charge in [-0.05, 0) is 59.2 Å². The monoisotopic (exact) mass is 632 g/mol. The summed E-state index contributed by atoms with van der Waals surface area (Å²) in [7, 11) is 0. The number of aromatic hydroxyl groups is 1. The standard InChI is InChI=1S/C37H52N4O5/c1-3-5-7-9-30(33(43)10-8-6-4-2)34(44)15-11-25-12-16-35(45)36(17-25)46-24-41-21-31-29(20-40-32(31)22-41)19-28-18-26(37(38)39)13-14-27(28)23-42/h12-14,16-18,20-21,30,33,37,42-43,45H,3-11,15,19,22-24,38-39H2,1-2H3/t30-,33-/m1/s1. The van der Waals surface area contributed by atoms with E-state index in [4.69, 9.17) is 16.2 Å². The number of phenols is 1. The number of carbonyl (C=O) groups is 1. The zero-order valence-electron chi connectivity index (χ0n) is 27.5. The third kappa shape index (κ3) is 9.51. The predicted octanol–water partition coefficient (Wildman–Crippen LogP) is 5.56. The van der Waals surface area contributed by atoms with E-state index in [9.17, 15) is 20.1 Å². The Morgan fingerprint density at radius 2 is 1.78 bits per heavy atom. The molecule has 0 spiro atoms. The van der Waals surface area contributed by atoms with Crippen LogP contribution in [-0.2, 0) is 24.2 Å². The molecule has 2 atom stereocenters. The third-order valence-electron chi connectivity index (χ3n) is 9.03. The average molecular weight is 633 g/mol. The number of nitrogens with two attached hydrogens (primary N) is 2. The van der Waals surface area contributed by atoms with E-state index in [1.54, 1.807) is 12.1 Å². The number of aliphatic imine (C=N–C) groups is 1. The molecule has 9 heteroatoms. The minimum Gasteiger partial charge on any atom is -0.504 e. The number of Topliss-reactive ketones (excluding diaryl/α,β-unsaturated/α-hetero) is 1. The average Bonchev–Trinajstić information content (AvgIpc) is 3.63. The van der Waals surface area contributed by atoms with Crippen molar-refractivity contribution in [3.8, 4) is 11.5 Å². The summed E-state index contributed by atoms with van der Waals surface area (Å²) < 4.78 is 6.04. The normalized spacial score (nSPS) is 15.5. The van der Waals surface area contributed by atoms with Crippen LogP contribution in [0.3, 0.4) is 0 Å². The van der Waals surface area contributed by atoms with Crippen molar-refractivity contribution < 1.29 is 24.9 Å². The fourth-order valence-electron chi connectivity index (χ4n) is 6.21. The lowest BCUT2D eigenvalue weighted by molar-refractivity contribution is -0.126. The van der Waals surface area contributed by atoms with Gasteiger partial charge in [-0.1, -0.05) is 76.6 Å². The molecule has 46 heavy (non-hydrogen) atoms. The lowest BCUT2D eigenvalue weighted by atomic mass is 9.86. The Labute approximate surface area is 273 Å². The molecule has 0 bridgehead atoms. The van der Waals surface area contributed by atoms with Gasteiger partial charge in [0, 0.05) is 36.7 Å². The van der Waals surface area contributed by atoms with E-state index in [0.29, 0.717) is 38.0 Å². The van der Waals surface area contributed by atoms with Crippen LogP contribution >= 0.6 is 0 Å². The molecule has 0 aliphatic carbocycles. The molecule has 0 unspecified atom stereocenters. The highest BCUT2D eigenvalue weighted by Crippen LogP contribution is 2.32. The molecule has 2 aromatic rings. The number of allylic oxidation sites excluding steroid dienone is 1. The number of hydrogen-bond donors (Lipinski definition) is 5. The molecule has 4 rings (SSSR count). The molecule has 2 aliphatic rings. The van der Waals surface area contributed by atoms with E-state index in [1.165, 1.54) is 0 Å². The fourth-order valence-corrected chi connectivity index (χ4v) is 6.21. The van der Waals surface area contributed by atoms with E-state index < -0.39 is 12.3 Å². The Morgan fingerprint density at radius 3 is 2.50 bits per heavy atom. The number of ether oxygens (including phenoxy) is 1. The SMILES string of the molecule is CCCCC[C@@H](O)[C@@H](CCCCC)C(=O)CCc1ccc(O)c(OCN2C=C3C(Cc4cc(C(N)N)ccc4CO)=CN=C3C2)c1. The number of benzene rings is 2. The topological polar surface area (TPSA) is 155 Å². The van der Waals surface area contributed by atoms with Crippen molar-refractivity contribution in [1.29, 1.82) is 0 Å². The maximum absolute atomic E-state index is 13.3. The number of aliphatic hydroxyl groups is 2. The van der Waals surface area contributed by atoms with Gasteiger partial charge in [0.25, 0.3) is 0 Å². The van der Waals surface area contributed by atoms with Gasteiger partial charge in [0.05, 0.1) is 31.1 Å². The Bertz CT molecular complexity index is 1420. The second kappa shape index (κ2) is 17.4. The summed E-state index contributed by atoms with van der Waals surface area (Å²) in [5, 5.41) is 31.2. The van der Waals surface area contributed by atoms with Crippen LogP contribution in [-0.4, -0.2) is 51.1 Å². The van der Waals surface area contributed by atoms with Crippen LogP contribution in [0.4, 0.5) is 0 Å². The predicted molar refractivity (Wildman–Crippen MR) is 182 cm³/mol. The minimum absolute atomic E-state index is 0.0401. The van der Waals surface area contributed by atoms with Gasteiger partial charge in [0.1, 0.15) is 5.78 Å². The van der Waals surface area contributed by atoms with Crippen LogP contribution in [0.25, 0.3) is 0 Å². The molecule has 0 aromatic heterocycles. The Kier molecular flexibility index (Phi) is 13.4.